The molecule has 1 saturated heterocycles. The van der Waals surface area contributed by atoms with Gasteiger partial charge >= 0.3 is 0 Å². The third-order valence-electron chi connectivity index (χ3n) is 4.16. The first-order valence-electron chi connectivity index (χ1n) is 7.73. The molecule has 2 unspecified atom stereocenters. The normalized spacial score (nSPS) is 20.6. The molecule has 0 aliphatic carbocycles. The first kappa shape index (κ1) is 16.4. The zero-order valence-electron chi connectivity index (χ0n) is 13.3. The second-order valence-corrected chi connectivity index (χ2v) is 6.04. The standard InChI is InChI=1S/C16H21ClN4O2/c1-11(22-2)16-19-15(23-20-16)10-21-8-7-18-9-14(21)12-5-3-4-6-13(12)17/h3-6,11,14,18H,7-10H2,1-2H3. The molecule has 1 aliphatic heterocycles. The summed E-state index contributed by atoms with van der Waals surface area (Å²) in [5.74, 6) is 1.18. The highest BCUT2D eigenvalue weighted by Crippen LogP contribution is 2.29. The van der Waals surface area contributed by atoms with Crippen LogP contribution in [0.2, 0.25) is 5.02 Å². The van der Waals surface area contributed by atoms with Crippen LogP contribution in [0.15, 0.2) is 28.8 Å². The van der Waals surface area contributed by atoms with Gasteiger partial charge in [-0.1, -0.05) is 35.0 Å². The van der Waals surface area contributed by atoms with Crippen molar-refractivity contribution in [2.45, 2.75) is 25.6 Å². The van der Waals surface area contributed by atoms with E-state index in [1.807, 2.05) is 25.1 Å². The Morgan fingerprint density at radius 2 is 2.30 bits per heavy atom. The first-order chi connectivity index (χ1) is 11.2. The number of hydrogen-bond acceptors (Lipinski definition) is 6. The van der Waals surface area contributed by atoms with Gasteiger partial charge < -0.3 is 14.6 Å². The van der Waals surface area contributed by atoms with E-state index in [0.29, 0.717) is 18.3 Å². The third kappa shape index (κ3) is 3.72. The van der Waals surface area contributed by atoms with Gasteiger partial charge in [0.05, 0.1) is 6.54 Å². The molecule has 23 heavy (non-hydrogen) atoms. The number of methoxy groups -OCH3 is 1. The van der Waals surface area contributed by atoms with Gasteiger partial charge in [0.15, 0.2) is 5.82 Å². The van der Waals surface area contributed by atoms with Gasteiger partial charge in [0, 0.05) is 37.8 Å². The minimum Gasteiger partial charge on any atom is -0.374 e. The van der Waals surface area contributed by atoms with Crippen LogP contribution in [-0.2, 0) is 11.3 Å². The lowest BCUT2D eigenvalue weighted by Crippen LogP contribution is -2.45. The summed E-state index contributed by atoms with van der Waals surface area (Å²) in [6.07, 6.45) is -0.171. The zero-order valence-corrected chi connectivity index (χ0v) is 14.1. The van der Waals surface area contributed by atoms with Crippen LogP contribution < -0.4 is 5.32 Å². The fraction of sp³-hybridized carbons (Fsp3) is 0.500. The summed E-state index contributed by atoms with van der Waals surface area (Å²) in [7, 11) is 1.63. The van der Waals surface area contributed by atoms with E-state index in [0.717, 1.165) is 30.2 Å². The molecule has 7 heteroatoms. The van der Waals surface area contributed by atoms with Gasteiger partial charge in [0.1, 0.15) is 6.10 Å². The van der Waals surface area contributed by atoms with E-state index in [-0.39, 0.29) is 12.1 Å². The summed E-state index contributed by atoms with van der Waals surface area (Å²) in [4.78, 5) is 6.74. The number of halogens is 1. The summed E-state index contributed by atoms with van der Waals surface area (Å²) in [6, 6.07) is 8.14. The van der Waals surface area contributed by atoms with Gasteiger partial charge in [-0.3, -0.25) is 4.90 Å². The highest BCUT2D eigenvalue weighted by Gasteiger charge is 2.27. The van der Waals surface area contributed by atoms with E-state index >= 15 is 0 Å². The Kier molecular flexibility index (Phi) is 5.27. The molecule has 1 aromatic carbocycles. The molecule has 1 aliphatic rings. The lowest BCUT2D eigenvalue weighted by atomic mass is 10.0. The summed E-state index contributed by atoms with van der Waals surface area (Å²) in [5, 5.41) is 8.19. The smallest absolute Gasteiger partial charge is 0.240 e. The molecule has 1 fully saturated rings. The molecular weight excluding hydrogens is 316 g/mol. The van der Waals surface area contributed by atoms with E-state index in [9.17, 15) is 0 Å². The lowest BCUT2D eigenvalue weighted by Gasteiger charge is -2.35. The van der Waals surface area contributed by atoms with E-state index in [4.69, 9.17) is 20.9 Å². The Bertz CT molecular complexity index is 649. The monoisotopic (exact) mass is 336 g/mol. The highest BCUT2D eigenvalue weighted by molar-refractivity contribution is 6.31. The molecular formula is C16H21ClN4O2. The number of hydrogen-bond donors (Lipinski definition) is 1. The number of piperazine rings is 1. The Balaban J connectivity index is 1.77. The van der Waals surface area contributed by atoms with Gasteiger partial charge in [-0.15, -0.1) is 0 Å². The molecule has 0 bridgehead atoms. The summed E-state index contributed by atoms with van der Waals surface area (Å²) >= 11 is 6.37. The molecule has 1 aromatic heterocycles. The van der Waals surface area contributed by atoms with Crippen LogP contribution in [0.3, 0.4) is 0 Å². The average Bonchev–Trinajstić information content (AvgIpc) is 3.04. The molecule has 2 aromatic rings. The minimum atomic E-state index is -0.171. The second kappa shape index (κ2) is 7.40. The maximum Gasteiger partial charge on any atom is 0.240 e. The lowest BCUT2D eigenvalue weighted by molar-refractivity contribution is 0.109. The summed E-state index contributed by atoms with van der Waals surface area (Å²) < 4.78 is 10.6. The van der Waals surface area contributed by atoms with Crippen molar-refractivity contribution in [1.82, 2.24) is 20.4 Å². The van der Waals surface area contributed by atoms with Crippen molar-refractivity contribution >= 4 is 11.6 Å². The fourth-order valence-electron chi connectivity index (χ4n) is 2.76. The maximum atomic E-state index is 6.37. The van der Waals surface area contributed by atoms with Crippen LogP contribution >= 0.6 is 11.6 Å². The van der Waals surface area contributed by atoms with E-state index in [2.05, 4.69) is 26.4 Å². The molecule has 0 saturated carbocycles. The van der Waals surface area contributed by atoms with E-state index < -0.39 is 0 Å². The number of ether oxygens (including phenoxy) is 1. The average molecular weight is 337 g/mol. The van der Waals surface area contributed by atoms with Gasteiger partial charge in [0.25, 0.3) is 0 Å². The van der Waals surface area contributed by atoms with Crippen molar-refractivity contribution in [2.75, 3.05) is 26.7 Å². The van der Waals surface area contributed by atoms with E-state index in [1.54, 1.807) is 7.11 Å². The Morgan fingerprint density at radius 1 is 1.48 bits per heavy atom. The predicted molar refractivity (Wildman–Crippen MR) is 87.2 cm³/mol. The molecule has 0 radical (unpaired) electrons. The van der Waals surface area contributed by atoms with Crippen molar-refractivity contribution in [2.24, 2.45) is 0 Å². The molecule has 1 N–H and O–H groups in total. The van der Waals surface area contributed by atoms with Crippen LogP contribution in [0, 0.1) is 0 Å². The van der Waals surface area contributed by atoms with Crippen LogP contribution in [0.4, 0.5) is 0 Å². The van der Waals surface area contributed by atoms with E-state index in [1.165, 1.54) is 0 Å². The summed E-state index contributed by atoms with van der Waals surface area (Å²) in [5.41, 5.74) is 1.12. The van der Waals surface area contributed by atoms with Crippen LogP contribution in [-0.4, -0.2) is 41.8 Å². The minimum absolute atomic E-state index is 0.171. The third-order valence-corrected chi connectivity index (χ3v) is 4.50. The van der Waals surface area contributed by atoms with Crippen LogP contribution in [0.5, 0.6) is 0 Å². The van der Waals surface area contributed by atoms with Crippen molar-refractivity contribution in [3.8, 4) is 0 Å². The van der Waals surface area contributed by atoms with Crippen molar-refractivity contribution in [1.29, 1.82) is 0 Å². The number of aromatic nitrogens is 2. The molecule has 3 rings (SSSR count). The SMILES string of the molecule is COC(C)c1noc(CN2CCNCC2c2ccccc2Cl)n1. The Morgan fingerprint density at radius 3 is 3.09 bits per heavy atom. The summed E-state index contributed by atoms with van der Waals surface area (Å²) in [6.45, 7) is 5.16. The van der Waals surface area contributed by atoms with Crippen molar-refractivity contribution in [3.63, 3.8) is 0 Å². The van der Waals surface area contributed by atoms with Gasteiger partial charge in [-0.25, -0.2) is 0 Å². The zero-order chi connectivity index (χ0) is 16.2. The number of benzene rings is 1. The van der Waals surface area contributed by atoms with Crippen LogP contribution in [0.1, 0.15) is 36.3 Å². The van der Waals surface area contributed by atoms with Gasteiger partial charge in [-0.2, -0.15) is 4.98 Å². The first-order valence-corrected chi connectivity index (χ1v) is 8.11. The second-order valence-electron chi connectivity index (χ2n) is 5.64. The molecule has 2 heterocycles. The topological polar surface area (TPSA) is 63.4 Å². The molecule has 124 valence electrons. The van der Waals surface area contributed by atoms with Crippen molar-refractivity contribution < 1.29 is 9.26 Å². The van der Waals surface area contributed by atoms with Crippen molar-refractivity contribution in [3.05, 3.63) is 46.6 Å². The van der Waals surface area contributed by atoms with Crippen LogP contribution in [0.25, 0.3) is 0 Å². The molecule has 6 nitrogen and oxygen atoms in total. The number of nitrogens with one attached hydrogen (secondary N) is 1. The molecule has 2 atom stereocenters. The maximum absolute atomic E-state index is 6.37. The number of nitrogens with zero attached hydrogens (tertiary/aromatic N) is 3. The highest BCUT2D eigenvalue weighted by atomic mass is 35.5. The number of rotatable bonds is 5. The Hall–Kier alpha value is -1.47. The fourth-order valence-corrected chi connectivity index (χ4v) is 3.03. The molecule has 0 amide bonds. The Labute approximate surface area is 140 Å². The predicted octanol–water partition coefficient (Wildman–Crippen LogP) is 2.58. The van der Waals surface area contributed by atoms with Gasteiger partial charge in [0.2, 0.25) is 5.89 Å². The largest absolute Gasteiger partial charge is 0.374 e. The molecule has 0 spiro atoms. The van der Waals surface area contributed by atoms with Gasteiger partial charge in [-0.05, 0) is 18.6 Å². The quantitative estimate of drug-likeness (QED) is 0.905.